The van der Waals surface area contributed by atoms with Crippen LogP contribution >= 0.6 is 0 Å². The van der Waals surface area contributed by atoms with E-state index in [0.29, 0.717) is 18.7 Å². The van der Waals surface area contributed by atoms with Crippen LogP contribution in [0.15, 0.2) is 65.5 Å². The van der Waals surface area contributed by atoms with E-state index in [1.807, 2.05) is 61.8 Å². The average Bonchev–Trinajstić information content (AvgIpc) is 3.32. The first-order valence-corrected chi connectivity index (χ1v) is 8.14. The number of nitrogens with one attached hydrogen (secondary N) is 1. The summed E-state index contributed by atoms with van der Waals surface area (Å²) in [5.41, 5.74) is 3.43. The van der Waals surface area contributed by atoms with E-state index in [-0.39, 0.29) is 5.91 Å². The standard InChI is InChI=1S/C19H18N4O2/c1-14-5-2-3-6-15(14)19(24)20-8-9-22-10-11-23-18(22)13-16(21-23)17-7-4-12-25-17/h2-7,10-13H,8-9H2,1H3,(H,20,24). The summed E-state index contributed by atoms with van der Waals surface area (Å²) in [6.45, 7) is 3.14. The second-order valence-electron chi connectivity index (χ2n) is 5.87. The van der Waals surface area contributed by atoms with E-state index in [1.54, 1.807) is 10.8 Å². The first-order chi connectivity index (χ1) is 12.2. The van der Waals surface area contributed by atoms with Crippen LogP contribution in [-0.2, 0) is 6.54 Å². The van der Waals surface area contributed by atoms with Crippen LogP contribution in [0.4, 0.5) is 0 Å². The largest absolute Gasteiger partial charge is 0.463 e. The van der Waals surface area contributed by atoms with Crippen LogP contribution in [-0.4, -0.2) is 26.6 Å². The minimum atomic E-state index is -0.0499. The molecule has 1 aromatic carbocycles. The summed E-state index contributed by atoms with van der Waals surface area (Å²) in [6.07, 6.45) is 5.48. The first-order valence-electron chi connectivity index (χ1n) is 8.14. The van der Waals surface area contributed by atoms with Gasteiger partial charge < -0.3 is 14.3 Å². The zero-order valence-electron chi connectivity index (χ0n) is 13.8. The number of imidazole rings is 1. The quantitative estimate of drug-likeness (QED) is 0.610. The number of benzene rings is 1. The van der Waals surface area contributed by atoms with Gasteiger partial charge in [0, 0.05) is 37.1 Å². The first kappa shape index (κ1) is 15.3. The number of fused-ring (bicyclic) bond motifs is 1. The molecule has 0 aliphatic rings. The maximum atomic E-state index is 12.3. The second kappa shape index (κ2) is 6.32. The van der Waals surface area contributed by atoms with Crippen molar-refractivity contribution in [3.8, 4) is 11.5 Å². The highest BCUT2D eigenvalue weighted by atomic mass is 16.3. The van der Waals surface area contributed by atoms with Crippen LogP contribution in [0.3, 0.4) is 0 Å². The maximum Gasteiger partial charge on any atom is 0.251 e. The smallest absolute Gasteiger partial charge is 0.251 e. The van der Waals surface area contributed by atoms with Crippen LogP contribution in [0.5, 0.6) is 0 Å². The minimum absolute atomic E-state index is 0.0499. The summed E-state index contributed by atoms with van der Waals surface area (Å²) >= 11 is 0. The molecule has 0 unspecified atom stereocenters. The van der Waals surface area contributed by atoms with Crippen LogP contribution in [0.2, 0.25) is 0 Å². The molecule has 4 aromatic rings. The molecular formula is C19H18N4O2. The van der Waals surface area contributed by atoms with Crippen molar-refractivity contribution >= 4 is 11.6 Å². The van der Waals surface area contributed by atoms with Crippen molar-refractivity contribution in [1.82, 2.24) is 19.5 Å². The summed E-state index contributed by atoms with van der Waals surface area (Å²) in [5, 5.41) is 7.46. The Hall–Kier alpha value is -3.28. The Bertz CT molecular complexity index is 1010. The molecule has 126 valence electrons. The predicted octanol–water partition coefficient (Wildman–Crippen LogP) is 3.13. The van der Waals surface area contributed by atoms with Gasteiger partial charge in [-0.3, -0.25) is 4.79 Å². The molecule has 3 heterocycles. The van der Waals surface area contributed by atoms with Gasteiger partial charge in [0.15, 0.2) is 5.76 Å². The highest BCUT2D eigenvalue weighted by Crippen LogP contribution is 2.20. The Kier molecular flexibility index (Phi) is 3.85. The van der Waals surface area contributed by atoms with Crippen molar-refractivity contribution in [3.63, 3.8) is 0 Å². The summed E-state index contributed by atoms with van der Waals surface area (Å²) in [6, 6.07) is 13.3. The average molecular weight is 334 g/mol. The van der Waals surface area contributed by atoms with E-state index in [1.165, 1.54) is 0 Å². The van der Waals surface area contributed by atoms with Gasteiger partial charge in [-0.2, -0.15) is 5.10 Å². The summed E-state index contributed by atoms with van der Waals surface area (Å²) in [5.74, 6) is 0.689. The number of rotatable bonds is 5. The lowest BCUT2D eigenvalue weighted by Crippen LogP contribution is -2.27. The van der Waals surface area contributed by atoms with E-state index < -0.39 is 0 Å². The van der Waals surface area contributed by atoms with Crippen molar-refractivity contribution in [2.24, 2.45) is 0 Å². The number of nitrogens with zero attached hydrogens (tertiary/aromatic N) is 3. The van der Waals surface area contributed by atoms with Crippen LogP contribution in [0.25, 0.3) is 17.1 Å². The van der Waals surface area contributed by atoms with Gasteiger partial charge in [-0.15, -0.1) is 0 Å². The zero-order chi connectivity index (χ0) is 17.2. The van der Waals surface area contributed by atoms with Gasteiger partial charge in [0.1, 0.15) is 11.3 Å². The Morgan fingerprint density at radius 3 is 2.88 bits per heavy atom. The van der Waals surface area contributed by atoms with Gasteiger partial charge >= 0.3 is 0 Å². The summed E-state index contributed by atoms with van der Waals surface area (Å²) in [4.78, 5) is 12.3. The third-order valence-electron chi connectivity index (χ3n) is 4.20. The minimum Gasteiger partial charge on any atom is -0.463 e. The van der Waals surface area contributed by atoms with E-state index in [9.17, 15) is 4.79 Å². The van der Waals surface area contributed by atoms with Gasteiger partial charge in [0.05, 0.1) is 6.26 Å². The fraction of sp³-hybridized carbons (Fsp3) is 0.158. The van der Waals surface area contributed by atoms with Gasteiger partial charge in [-0.25, -0.2) is 4.52 Å². The van der Waals surface area contributed by atoms with Crippen LogP contribution < -0.4 is 5.32 Å². The van der Waals surface area contributed by atoms with Crippen molar-refractivity contribution < 1.29 is 9.21 Å². The second-order valence-corrected chi connectivity index (χ2v) is 5.87. The topological polar surface area (TPSA) is 64.5 Å². The highest BCUT2D eigenvalue weighted by molar-refractivity contribution is 5.95. The number of carbonyl (C=O) groups is 1. The molecule has 4 rings (SSSR count). The molecule has 0 spiro atoms. The number of hydrogen-bond donors (Lipinski definition) is 1. The number of furan rings is 1. The highest BCUT2D eigenvalue weighted by Gasteiger charge is 2.11. The van der Waals surface area contributed by atoms with Crippen molar-refractivity contribution in [2.45, 2.75) is 13.5 Å². The molecule has 25 heavy (non-hydrogen) atoms. The van der Waals surface area contributed by atoms with Crippen molar-refractivity contribution in [3.05, 3.63) is 72.2 Å². The van der Waals surface area contributed by atoms with Crippen LogP contribution in [0.1, 0.15) is 15.9 Å². The number of aryl methyl sites for hydroxylation is 1. The fourth-order valence-corrected chi connectivity index (χ4v) is 2.88. The Balaban J connectivity index is 1.45. The molecule has 0 saturated heterocycles. The predicted molar refractivity (Wildman–Crippen MR) is 94.4 cm³/mol. The van der Waals surface area contributed by atoms with E-state index in [0.717, 1.165) is 22.7 Å². The molecule has 1 N–H and O–H groups in total. The van der Waals surface area contributed by atoms with E-state index in [2.05, 4.69) is 15.0 Å². The molecule has 0 radical (unpaired) electrons. The van der Waals surface area contributed by atoms with Gasteiger partial charge in [0.25, 0.3) is 5.91 Å². The molecule has 1 amide bonds. The maximum absolute atomic E-state index is 12.3. The van der Waals surface area contributed by atoms with Crippen molar-refractivity contribution in [2.75, 3.05) is 6.54 Å². The van der Waals surface area contributed by atoms with E-state index in [4.69, 9.17) is 4.42 Å². The number of amides is 1. The van der Waals surface area contributed by atoms with E-state index >= 15 is 0 Å². The van der Waals surface area contributed by atoms with Gasteiger partial charge in [-0.1, -0.05) is 18.2 Å². The number of hydrogen-bond acceptors (Lipinski definition) is 3. The lowest BCUT2D eigenvalue weighted by Gasteiger charge is -2.08. The molecule has 0 fully saturated rings. The molecule has 0 atom stereocenters. The SMILES string of the molecule is Cc1ccccc1C(=O)NCCn1ccn2nc(-c3ccco3)cc12. The molecule has 0 aliphatic heterocycles. The van der Waals surface area contributed by atoms with Crippen molar-refractivity contribution in [1.29, 1.82) is 0 Å². The third kappa shape index (κ3) is 2.94. The Labute approximate surface area is 144 Å². The monoisotopic (exact) mass is 334 g/mol. The molecule has 3 aromatic heterocycles. The zero-order valence-corrected chi connectivity index (χ0v) is 13.8. The number of aromatic nitrogens is 3. The molecular weight excluding hydrogens is 316 g/mol. The van der Waals surface area contributed by atoms with Crippen LogP contribution in [0, 0.1) is 6.92 Å². The molecule has 0 aliphatic carbocycles. The Morgan fingerprint density at radius 1 is 1.20 bits per heavy atom. The van der Waals surface area contributed by atoms with Gasteiger partial charge in [0.2, 0.25) is 0 Å². The van der Waals surface area contributed by atoms with Gasteiger partial charge in [-0.05, 0) is 30.7 Å². The normalized spacial score (nSPS) is 11.1. The fourth-order valence-electron chi connectivity index (χ4n) is 2.88. The summed E-state index contributed by atoms with van der Waals surface area (Å²) in [7, 11) is 0. The third-order valence-corrected chi connectivity index (χ3v) is 4.20. The lowest BCUT2D eigenvalue weighted by molar-refractivity contribution is 0.0952. The lowest BCUT2D eigenvalue weighted by atomic mass is 10.1. The molecule has 6 nitrogen and oxygen atoms in total. The molecule has 0 bridgehead atoms. The number of carbonyl (C=O) groups excluding carboxylic acids is 1. The summed E-state index contributed by atoms with van der Waals surface area (Å²) < 4.78 is 9.25. The Morgan fingerprint density at radius 2 is 2.08 bits per heavy atom. The molecule has 0 saturated carbocycles. The molecule has 6 heteroatoms.